The highest BCUT2D eigenvalue weighted by Gasteiger charge is 2.28. The molecule has 0 radical (unpaired) electrons. The molecule has 18 heavy (non-hydrogen) atoms. The van der Waals surface area contributed by atoms with E-state index in [1.807, 2.05) is 0 Å². The van der Waals surface area contributed by atoms with Crippen LogP contribution >= 0.6 is 0 Å². The van der Waals surface area contributed by atoms with E-state index in [4.69, 9.17) is 5.11 Å². The lowest BCUT2D eigenvalue weighted by molar-refractivity contribution is -0.175. The van der Waals surface area contributed by atoms with Crippen molar-refractivity contribution in [3.63, 3.8) is 0 Å². The second kappa shape index (κ2) is 6.94. The maximum Gasteiger partial charge on any atom is 0.411 e. The van der Waals surface area contributed by atoms with Crippen molar-refractivity contribution in [3.8, 4) is 0 Å². The summed E-state index contributed by atoms with van der Waals surface area (Å²) in [7, 11) is 0. The number of hydrogen-bond acceptors (Lipinski definition) is 3. The maximum atomic E-state index is 11.8. The molecule has 0 bridgehead atoms. The molecule has 4 nitrogen and oxygen atoms in total. The van der Waals surface area contributed by atoms with Crippen molar-refractivity contribution in [3.05, 3.63) is 0 Å². The summed E-state index contributed by atoms with van der Waals surface area (Å²) in [6.07, 6.45) is -1.12. The summed E-state index contributed by atoms with van der Waals surface area (Å²) >= 11 is 0. The molecule has 0 aliphatic heterocycles. The lowest BCUT2D eigenvalue weighted by Crippen LogP contribution is -2.41. The minimum Gasteiger partial charge on any atom is -0.396 e. The molecule has 1 amide bonds. The van der Waals surface area contributed by atoms with Gasteiger partial charge in [0.2, 0.25) is 5.91 Å². The van der Waals surface area contributed by atoms with E-state index < -0.39 is 25.3 Å². The van der Waals surface area contributed by atoms with Crippen molar-refractivity contribution in [1.29, 1.82) is 0 Å². The molecule has 7 heteroatoms. The monoisotopic (exact) mass is 269 g/mol. The van der Waals surface area contributed by atoms with Crippen molar-refractivity contribution in [2.75, 3.05) is 19.8 Å². The molecule has 2 N–H and O–H groups in total. The zero-order valence-corrected chi connectivity index (χ0v) is 10.0. The van der Waals surface area contributed by atoms with E-state index in [1.165, 1.54) is 0 Å². The molecular weight excluding hydrogens is 251 g/mol. The van der Waals surface area contributed by atoms with Crippen LogP contribution in [0.4, 0.5) is 13.2 Å². The van der Waals surface area contributed by atoms with Crippen molar-refractivity contribution in [2.45, 2.75) is 37.9 Å². The molecule has 0 aromatic carbocycles. The van der Waals surface area contributed by atoms with Gasteiger partial charge in [-0.15, -0.1) is 0 Å². The van der Waals surface area contributed by atoms with Gasteiger partial charge in [0, 0.05) is 12.6 Å². The van der Waals surface area contributed by atoms with E-state index in [2.05, 4.69) is 10.1 Å². The summed E-state index contributed by atoms with van der Waals surface area (Å²) in [6.45, 7) is -1.92. The molecule has 0 spiro atoms. The van der Waals surface area contributed by atoms with Crippen LogP contribution in [0.5, 0.6) is 0 Å². The number of aliphatic hydroxyl groups excluding tert-OH is 1. The average molecular weight is 269 g/mol. The largest absolute Gasteiger partial charge is 0.411 e. The Kier molecular flexibility index (Phi) is 5.87. The van der Waals surface area contributed by atoms with Gasteiger partial charge in [0.15, 0.2) is 0 Å². The highest BCUT2D eigenvalue weighted by Crippen LogP contribution is 2.23. The highest BCUT2D eigenvalue weighted by atomic mass is 19.4. The van der Waals surface area contributed by atoms with Gasteiger partial charge >= 0.3 is 6.18 Å². The third-order valence-corrected chi connectivity index (χ3v) is 2.91. The first-order valence-electron chi connectivity index (χ1n) is 5.95. The molecule has 1 aliphatic carbocycles. The third kappa shape index (κ3) is 6.20. The summed E-state index contributed by atoms with van der Waals surface area (Å²) in [6, 6.07) is -0.0714. The van der Waals surface area contributed by atoms with E-state index in [0.717, 1.165) is 19.3 Å². The van der Waals surface area contributed by atoms with Crippen LogP contribution in [0.25, 0.3) is 0 Å². The molecule has 0 saturated heterocycles. The van der Waals surface area contributed by atoms with Gasteiger partial charge in [-0.3, -0.25) is 4.79 Å². The number of carbonyl (C=O) groups excluding carboxylic acids is 1. The molecule has 0 heterocycles. The Bertz CT molecular complexity index is 271. The van der Waals surface area contributed by atoms with Crippen LogP contribution in [0.3, 0.4) is 0 Å². The molecule has 1 saturated carbocycles. The van der Waals surface area contributed by atoms with Crippen LogP contribution < -0.4 is 5.32 Å². The smallest absolute Gasteiger partial charge is 0.396 e. The number of ether oxygens (including phenoxy) is 1. The number of hydrogen-bond donors (Lipinski definition) is 2. The second-order valence-electron chi connectivity index (χ2n) is 4.59. The standard InChI is InChI=1S/C11H18F3NO3/c12-11(13,14)7-18-6-10(17)15-9-3-1-2-8(4-9)5-16/h8-9,16H,1-7H2,(H,15,17). The molecule has 2 unspecified atom stereocenters. The minimum absolute atomic E-state index is 0.0714. The Morgan fingerprint density at radius 1 is 1.39 bits per heavy atom. The van der Waals surface area contributed by atoms with E-state index in [1.54, 1.807) is 0 Å². The second-order valence-corrected chi connectivity index (χ2v) is 4.59. The number of carbonyl (C=O) groups is 1. The van der Waals surface area contributed by atoms with Crippen LogP contribution in [0.15, 0.2) is 0 Å². The fourth-order valence-electron chi connectivity index (χ4n) is 2.12. The quantitative estimate of drug-likeness (QED) is 0.789. The van der Waals surface area contributed by atoms with Gasteiger partial charge in [0.05, 0.1) is 0 Å². The fraction of sp³-hybridized carbons (Fsp3) is 0.909. The van der Waals surface area contributed by atoms with Gasteiger partial charge in [-0.05, 0) is 25.2 Å². The number of alkyl halides is 3. The van der Waals surface area contributed by atoms with Gasteiger partial charge in [-0.25, -0.2) is 0 Å². The van der Waals surface area contributed by atoms with Gasteiger partial charge in [0.25, 0.3) is 0 Å². The first-order valence-corrected chi connectivity index (χ1v) is 5.95. The summed E-state index contributed by atoms with van der Waals surface area (Å²) < 4.78 is 39.6. The van der Waals surface area contributed by atoms with Crippen LogP contribution in [0.2, 0.25) is 0 Å². The molecule has 106 valence electrons. The highest BCUT2D eigenvalue weighted by molar-refractivity contribution is 5.77. The Balaban J connectivity index is 2.19. The Morgan fingerprint density at radius 3 is 2.72 bits per heavy atom. The summed E-state index contributed by atoms with van der Waals surface area (Å²) in [5, 5.41) is 11.6. The fourth-order valence-corrected chi connectivity index (χ4v) is 2.12. The topological polar surface area (TPSA) is 58.6 Å². The zero-order valence-electron chi connectivity index (χ0n) is 10.0. The first kappa shape index (κ1) is 15.2. The number of aliphatic hydroxyl groups is 1. The van der Waals surface area contributed by atoms with E-state index in [9.17, 15) is 18.0 Å². The Hall–Kier alpha value is -0.820. The molecule has 1 fully saturated rings. The number of halogens is 3. The zero-order chi connectivity index (χ0) is 13.6. The van der Waals surface area contributed by atoms with E-state index >= 15 is 0 Å². The lowest BCUT2D eigenvalue weighted by atomic mass is 9.86. The lowest BCUT2D eigenvalue weighted by Gasteiger charge is -2.28. The van der Waals surface area contributed by atoms with Gasteiger partial charge in [-0.1, -0.05) is 6.42 Å². The number of rotatable bonds is 5. The predicted molar refractivity (Wildman–Crippen MR) is 57.8 cm³/mol. The molecular formula is C11H18F3NO3. The molecule has 0 aromatic heterocycles. The van der Waals surface area contributed by atoms with Crippen molar-refractivity contribution in [1.82, 2.24) is 5.32 Å². The van der Waals surface area contributed by atoms with Gasteiger partial charge in [-0.2, -0.15) is 13.2 Å². The SMILES string of the molecule is O=C(COCC(F)(F)F)NC1CCCC(CO)C1. The third-order valence-electron chi connectivity index (χ3n) is 2.91. The first-order chi connectivity index (χ1) is 8.40. The molecule has 2 atom stereocenters. The van der Waals surface area contributed by atoms with E-state index in [0.29, 0.717) is 6.42 Å². The van der Waals surface area contributed by atoms with Gasteiger partial charge < -0.3 is 15.2 Å². The number of nitrogens with one attached hydrogen (secondary N) is 1. The van der Waals surface area contributed by atoms with Crippen molar-refractivity contribution >= 4 is 5.91 Å². The van der Waals surface area contributed by atoms with Gasteiger partial charge in [0.1, 0.15) is 13.2 Å². The summed E-state index contributed by atoms with van der Waals surface area (Å²) in [5.74, 6) is -0.372. The van der Waals surface area contributed by atoms with Crippen molar-refractivity contribution < 1.29 is 27.8 Å². The van der Waals surface area contributed by atoms with Crippen molar-refractivity contribution in [2.24, 2.45) is 5.92 Å². The molecule has 1 aliphatic rings. The molecule has 0 aromatic rings. The van der Waals surface area contributed by atoms with E-state index in [-0.39, 0.29) is 18.6 Å². The van der Waals surface area contributed by atoms with Crippen LogP contribution in [-0.2, 0) is 9.53 Å². The minimum atomic E-state index is -4.41. The predicted octanol–water partition coefficient (Wildman–Crippen LogP) is 1.23. The number of amides is 1. The Morgan fingerprint density at radius 2 is 2.11 bits per heavy atom. The molecule has 1 rings (SSSR count). The Labute approximate surface area is 103 Å². The normalized spacial score (nSPS) is 24.9. The average Bonchev–Trinajstić information content (AvgIpc) is 2.27. The van der Waals surface area contributed by atoms with Crippen LogP contribution in [0.1, 0.15) is 25.7 Å². The summed E-state index contributed by atoms with van der Waals surface area (Å²) in [4.78, 5) is 11.3. The van der Waals surface area contributed by atoms with Crippen LogP contribution in [0, 0.1) is 5.92 Å². The maximum absolute atomic E-state index is 11.8. The van der Waals surface area contributed by atoms with Crippen LogP contribution in [-0.4, -0.2) is 43.1 Å². The summed E-state index contributed by atoms with van der Waals surface area (Å²) in [5.41, 5.74) is 0.